The summed E-state index contributed by atoms with van der Waals surface area (Å²) in [6.07, 6.45) is 0.564. The van der Waals surface area contributed by atoms with Crippen molar-refractivity contribution in [2.75, 3.05) is 32.8 Å². The van der Waals surface area contributed by atoms with Gasteiger partial charge >= 0.3 is 0 Å². The van der Waals surface area contributed by atoms with Crippen LogP contribution in [0.3, 0.4) is 0 Å². The lowest BCUT2D eigenvalue weighted by atomic mass is 9.91. The Morgan fingerprint density at radius 2 is 1.82 bits per heavy atom. The molecule has 1 heterocycles. The Bertz CT molecular complexity index is 832. The minimum absolute atomic E-state index is 0.0782. The van der Waals surface area contributed by atoms with Crippen molar-refractivity contribution in [1.82, 2.24) is 9.80 Å². The number of carbonyl (C=O) groups excluding carboxylic acids is 2. The lowest BCUT2D eigenvalue weighted by molar-refractivity contribution is -0.135. The van der Waals surface area contributed by atoms with Crippen molar-refractivity contribution in [1.29, 1.82) is 0 Å². The number of aliphatic hydroxyl groups is 1. The molecule has 5 heteroatoms. The molecule has 1 saturated heterocycles. The summed E-state index contributed by atoms with van der Waals surface area (Å²) in [5.74, 6) is -0.554. The molecule has 1 atom stereocenters. The van der Waals surface area contributed by atoms with Crippen LogP contribution in [-0.4, -0.2) is 59.5 Å². The van der Waals surface area contributed by atoms with Gasteiger partial charge in [0, 0.05) is 26.2 Å². The van der Waals surface area contributed by atoms with Crippen molar-refractivity contribution in [2.24, 2.45) is 5.92 Å². The lowest BCUT2D eigenvalue weighted by Crippen LogP contribution is -2.38. The number of nitrogens with zero attached hydrogens (tertiary/aromatic N) is 2. The predicted molar refractivity (Wildman–Crippen MR) is 110 cm³/mol. The molecule has 0 bridgehead atoms. The van der Waals surface area contributed by atoms with E-state index in [1.807, 2.05) is 24.0 Å². The summed E-state index contributed by atoms with van der Waals surface area (Å²) >= 11 is 0. The summed E-state index contributed by atoms with van der Waals surface area (Å²) in [4.78, 5) is 28.6. The summed E-state index contributed by atoms with van der Waals surface area (Å²) in [6, 6.07) is 16.5. The van der Waals surface area contributed by atoms with Crippen LogP contribution in [0.2, 0.25) is 0 Å². The zero-order chi connectivity index (χ0) is 20.1. The first-order chi connectivity index (χ1) is 13.5. The molecule has 148 valence electrons. The van der Waals surface area contributed by atoms with Gasteiger partial charge < -0.3 is 14.9 Å². The Kier molecular flexibility index (Phi) is 6.47. The summed E-state index contributed by atoms with van der Waals surface area (Å²) in [7, 11) is 0. The van der Waals surface area contributed by atoms with Gasteiger partial charge in [0.2, 0.25) is 11.8 Å². The van der Waals surface area contributed by atoms with Crippen LogP contribution in [0.1, 0.15) is 18.1 Å². The number of amides is 2. The molecular formula is C23H28N2O3. The maximum atomic E-state index is 13.1. The minimum atomic E-state index is -0.521. The van der Waals surface area contributed by atoms with Crippen molar-refractivity contribution in [2.45, 2.75) is 20.3 Å². The molecular weight excluding hydrogens is 352 g/mol. The van der Waals surface area contributed by atoms with E-state index in [1.54, 1.807) is 4.90 Å². The van der Waals surface area contributed by atoms with E-state index < -0.39 is 6.61 Å². The summed E-state index contributed by atoms with van der Waals surface area (Å²) < 4.78 is 0. The first kappa shape index (κ1) is 20.1. The quantitative estimate of drug-likeness (QED) is 0.867. The topological polar surface area (TPSA) is 60.9 Å². The number of rotatable bonds is 5. The SMILES string of the molecule is CCN1CCN(C(=O)CO)C[C@@H](Cc2ccccc2-c2ccc(C)cc2)C1=O. The third kappa shape index (κ3) is 4.42. The van der Waals surface area contributed by atoms with E-state index in [-0.39, 0.29) is 17.7 Å². The van der Waals surface area contributed by atoms with Gasteiger partial charge in [0.05, 0.1) is 5.92 Å². The van der Waals surface area contributed by atoms with Crippen LogP contribution < -0.4 is 0 Å². The molecule has 2 aromatic carbocycles. The van der Waals surface area contributed by atoms with Gasteiger partial charge in [-0.2, -0.15) is 0 Å². The first-order valence-corrected chi connectivity index (χ1v) is 9.85. The molecule has 0 aliphatic carbocycles. The van der Waals surface area contributed by atoms with Crippen LogP contribution in [-0.2, 0) is 16.0 Å². The summed E-state index contributed by atoms with van der Waals surface area (Å²) in [6.45, 7) is 5.44. The molecule has 0 radical (unpaired) electrons. The number of benzene rings is 2. The second kappa shape index (κ2) is 9.02. The Hall–Kier alpha value is -2.66. The third-order valence-electron chi connectivity index (χ3n) is 5.46. The molecule has 1 aliphatic heterocycles. The number of likely N-dealkylation sites (N-methyl/N-ethyl adjacent to an activating group) is 1. The Balaban J connectivity index is 1.91. The fourth-order valence-electron chi connectivity index (χ4n) is 3.82. The van der Waals surface area contributed by atoms with Gasteiger partial charge in [-0.15, -0.1) is 0 Å². The Labute approximate surface area is 166 Å². The van der Waals surface area contributed by atoms with Gasteiger partial charge in [0.25, 0.3) is 0 Å². The van der Waals surface area contributed by atoms with Crippen LogP contribution in [0.25, 0.3) is 11.1 Å². The number of hydrogen-bond donors (Lipinski definition) is 1. The summed E-state index contributed by atoms with van der Waals surface area (Å²) in [5.41, 5.74) is 4.54. The monoisotopic (exact) mass is 380 g/mol. The van der Waals surface area contributed by atoms with Crippen LogP contribution >= 0.6 is 0 Å². The van der Waals surface area contributed by atoms with E-state index in [9.17, 15) is 14.7 Å². The average molecular weight is 380 g/mol. The molecule has 1 aliphatic rings. The van der Waals surface area contributed by atoms with Crippen molar-refractivity contribution in [3.63, 3.8) is 0 Å². The van der Waals surface area contributed by atoms with Crippen molar-refractivity contribution in [3.05, 3.63) is 59.7 Å². The molecule has 2 aromatic rings. The van der Waals surface area contributed by atoms with Crippen LogP contribution in [0.4, 0.5) is 0 Å². The maximum absolute atomic E-state index is 13.1. The van der Waals surface area contributed by atoms with Gasteiger partial charge in [-0.25, -0.2) is 0 Å². The van der Waals surface area contributed by atoms with Gasteiger partial charge in [0.15, 0.2) is 0 Å². The second-order valence-electron chi connectivity index (χ2n) is 7.34. The van der Waals surface area contributed by atoms with Crippen molar-refractivity contribution >= 4 is 11.8 Å². The number of hydrogen-bond acceptors (Lipinski definition) is 3. The lowest BCUT2D eigenvalue weighted by Gasteiger charge is -2.24. The van der Waals surface area contributed by atoms with E-state index in [4.69, 9.17) is 0 Å². The van der Waals surface area contributed by atoms with E-state index in [1.165, 1.54) is 5.56 Å². The molecule has 0 aromatic heterocycles. The largest absolute Gasteiger partial charge is 0.387 e. The molecule has 0 unspecified atom stereocenters. The van der Waals surface area contributed by atoms with E-state index in [0.29, 0.717) is 32.6 Å². The first-order valence-electron chi connectivity index (χ1n) is 9.85. The van der Waals surface area contributed by atoms with Crippen LogP contribution in [0.5, 0.6) is 0 Å². The highest BCUT2D eigenvalue weighted by molar-refractivity contribution is 5.83. The Morgan fingerprint density at radius 1 is 1.11 bits per heavy atom. The number of aliphatic hydroxyl groups excluding tert-OH is 1. The van der Waals surface area contributed by atoms with E-state index in [2.05, 4.69) is 43.3 Å². The number of aryl methyl sites for hydroxylation is 1. The smallest absolute Gasteiger partial charge is 0.248 e. The molecule has 28 heavy (non-hydrogen) atoms. The third-order valence-corrected chi connectivity index (χ3v) is 5.46. The fourth-order valence-corrected chi connectivity index (χ4v) is 3.82. The van der Waals surface area contributed by atoms with Crippen LogP contribution in [0, 0.1) is 12.8 Å². The minimum Gasteiger partial charge on any atom is -0.387 e. The molecule has 1 N–H and O–H groups in total. The van der Waals surface area contributed by atoms with Gasteiger partial charge in [-0.05, 0) is 37.0 Å². The molecule has 0 spiro atoms. The van der Waals surface area contributed by atoms with E-state index >= 15 is 0 Å². The molecule has 2 amide bonds. The number of carbonyl (C=O) groups is 2. The zero-order valence-corrected chi connectivity index (χ0v) is 16.6. The highest BCUT2D eigenvalue weighted by atomic mass is 16.3. The van der Waals surface area contributed by atoms with E-state index in [0.717, 1.165) is 16.7 Å². The maximum Gasteiger partial charge on any atom is 0.248 e. The van der Waals surface area contributed by atoms with Crippen molar-refractivity contribution in [3.8, 4) is 11.1 Å². The molecule has 5 nitrogen and oxygen atoms in total. The standard InChI is InChI=1S/C23H28N2O3/c1-3-24-12-13-25(22(27)16-26)15-20(23(24)28)14-19-6-4-5-7-21(19)18-10-8-17(2)9-11-18/h4-11,20,26H,3,12-16H2,1-2H3/t20-/m1/s1. The van der Waals surface area contributed by atoms with Gasteiger partial charge in [0.1, 0.15) is 6.61 Å². The predicted octanol–water partition coefficient (Wildman–Crippen LogP) is 2.50. The van der Waals surface area contributed by atoms with Gasteiger partial charge in [-0.3, -0.25) is 9.59 Å². The second-order valence-corrected chi connectivity index (χ2v) is 7.34. The fraction of sp³-hybridized carbons (Fsp3) is 0.391. The highest BCUT2D eigenvalue weighted by Crippen LogP contribution is 2.27. The summed E-state index contributed by atoms with van der Waals surface area (Å²) in [5, 5.41) is 9.27. The average Bonchev–Trinajstić information content (AvgIpc) is 2.87. The zero-order valence-electron chi connectivity index (χ0n) is 16.6. The van der Waals surface area contributed by atoms with Gasteiger partial charge in [-0.1, -0.05) is 54.1 Å². The molecule has 0 saturated carbocycles. The molecule has 1 fully saturated rings. The van der Waals surface area contributed by atoms with Crippen molar-refractivity contribution < 1.29 is 14.7 Å². The molecule has 3 rings (SSSR count). The highest BCUT2D eigenvalue weighted by Gasteiger charge is 2.31. The normalized spacial score (nSPS) is 17.5. The van der Waals surface area contributed by atoms with Crippen LogP contribution in [0.15, 0.2) is 48.5 Å². The Morgan fingerprint density at radius 3 is 2.50 bits per heavy atom.